The number of hydrogen-bond donors (Lipinski definition) is 3. The first kappa shape index (κ1) is 74.2. The minimum Gasteiger partial charge on any atom is -0.394 e. The van der Waals surface area contributed by atoms with Crippen LogP contribution >= 0.6 is 46.4 Å². The molecule has 8 aromatic carbocycles. The molecule has 0 aliphatic heterocycles. The summed E-state index contributed by atoms with van der Waals surface area (Å²) < 4.78 is 20.9. The molecule has 1 saturated carbocycles. The maximum atomic E-state index is 14.0. The Bertz CT molecular complexity index is 5730. The van der Waals surface area contributed by atoms with Crippen LogP contribution in [0.4, 0.5) is 4.39 Å². The Morgan fingerprint density at radius 1 is 0.374 bits per heavy atom. The molecule has 17 rings (SSSR count). The minimum atomic E-state index is -0.351. The quantitative estimate of drug-likeness (QED) is 0.0866. The van der Waals surface area contributed by atoms with Gasteiger partial charge in [0.25, 0.3) is 0 Å². The topological polar surface area (TPSA) is 235 Å². The van der Waals surface area contributed by atoms with Crippen LogP contribution in [-0.4, -0.2) is 115 Å². The SMILES string of the molecule is C.CC(CO)n1nc(-c2ccccc2)c2c(Cl)c(-c3ccccc3)nnc21.Cc1cc(F)cc(-c2nn(CCO)c3nnc(-c4ccccc4)c(Cl)c23)c1.Cc1cccc(-c2nn(CCO)c3nnc(-c4ccccc4)c(Cl)c23)c1.Clc1c(-c2ccccc2)nnc2c1c(-c1ccccc1)nn2C1CCCC1. The zero-order chi connectivity index (χ0) is 73.4. The second-order valence-corrected chi connectivity index (χ2v) is 27.0. The lowest BCUT2D eigenvalue weighted by molar-refractivity contribution is 0.232. The van der Waals surface area contributed by atoms with Gasteiger partial charge in [-0.2, -0.15) is 20.4 Å². The molecule has 1 unspecified atom stereocenters. The van der Waals surface area contributed by atoms with Gasteiger partial charge in [0, 0.05) is 44.5 Å². The summed E-state index contributed by atoms with van der Waals surface area (Å²) >= 11 is 27.1. The van der Waals surface area contributed by atoms with Crippen LogP contribution in [0.2, 0.25) is 20.1 Å². The smallest absolute Gasteiger partial charge is 0.182 e. The monoisotopic (exact) mass is 1500 g/mol. The van der Waals surface area contributed by atoms with Crippen molar-refractivity contribution in [1.82, 2.24) is 79.9 Å². The summed E-state index contributed by atoms with van der Waals surface area (Å²) in [7, 11) is 0. The first-order valence-electron chi connectivity index (χ1n) is 34.5. The average Bonchev–Trinajstić information content (AvgIpc) is 1.64. The van der Waals surface area contributed by atoms with E-state index in [1.807, 2.05) is 215 Å². The molecule has 19 nitrogen and oxygen atoms in total. The molecule has 8 aromatic heterocycles. The molecule has 1 aliphatic carbocycles. The van der Waals surface area contributed by atoms with Gasteiger partial charge in [0.05, 0.1) is 86.6 Å². The van der Waals surface area contributed by atoms with Gasteiger partial charge in [-0.1, -0.05) is 272 Å². The standard InChI is InChI=1S/C22H19ClN4.C20H16ClFN4O.2C20H17ClN4O.CH4/c23-19-18-20(15-9-3-1-4-10-15)26-27(17-13-7-8-14-17)22(18)25-24-21(19)16-11-5-2-6-12-16;1-12-9-14(11-15(22)10-12)18-16-17(21)19(13-5-3-2-4-6-13)23-24-20(16)26(25-18)7-8-27;1-13(12-26)25-20-16(18(24-25)14-8-4-2-5-9-14)17(21)19(22-23-20)15-10-6-3-7-11-15;1-13-6-5-9-15(12-13)18-16-17(21)19(14-7-3-2-4-8-14)22-23-20(16)25(24-18)10-11-26;/h1-6,9-12,17H,7-8,13-14H2;2-6,9-11,27H,7-8H2,1H3;2-11,13,26H,12H2,1H3;2-9,12,26H,10-11H2,1H3;1H4. The van der Waals surface area contributed by atoms with Gasteiger partial charge < -0.3 is 15.3 Å². The van der Waals surface area contributed by atoms with Crippen LogP contribution in [0.25, 0.3) is 134 Å². The molecule has 8 heterocycles. The van der Waals surface area contributed by atoms with E-state index in [1.165, 1.54) is 25.0 Å². The third kappa shape index (κ3) is 15.5. The number of halogens is 5. The van der Waals surface area contributed by atoms with Crippen molar-refractivity contribution in [3.05, 3.63) is 261 Å². The van der Waals surface area contributed by atoms with E-state index >= 15 is 0 Å². The molecule has 1 atom stereocenters. The summed E-state index contributed by atoms with van der Waals surface area (Å²) in [6.45, 7) is 6.09. The lowest BCUT2D eigenvalue weighted by Gasteiger charge is -2.10. The summed E-state index contributed by atoms with van der Waals surface area (Å²) in [5.41, 5.74) is 16.8. The third-order valence-corrected chi connectivity index (χ3v) is 19.6. The minimum absolute atomic E-state index is 0. The van der Waals surface area contributed by atoms with Crippen molar-refractivity contribution in [2.75, 3.05) is 19.8 Å². The van der Waals surface area contributed by atoms with Gasteiger partial charge in [-0.25, -0.2) is 23.1 Å². The van der Waals surface area contributed by atoms with Crippen molar-refractivity contribution in [2.24, 2.45) is 0 Å². The zero-order valence-corrected chi connectivity index (χ0v) is 60.8. The van der Waals surface area contributed by atoms with Gasteiger partial charge in [-0.15, -0.1) is 40.8 Å². The van der Waals surface area contributed by atoms with Crippen molar-refractivity contribution < 1.29 is 19.7 Å². The van der Waals surface area contributed by atoms with E-state index in [0.717, 1.165) is 102 Å². The Morgan fingerprint density at radius 2 is 0.710 bits per heavy atom. The number of benzene rings is 8. The number of rotatable bonds is 15. The van der Waals surface area contributed by atoms with Crippen molar-refractivity contribution in [1.29, 1.82) is 0 Å². The van der Waals surface area contributed by atoms with E-state index in [4.69, 9.17) is 56.6 Å². The number of hydrogen-bond acceptors (Lipinski definition) is 15. The van der Waals surface area contributed by atoms with E-state index in [2.05, 4.69) is 73.9 Å². The van der Waals surface area contributed by atoms with E-state index in [-0.39, 0.29) is 45.7 Å². The Balaban J connectivity index is 0.000000126. The highest BCUT2D eigenvalue weighted by molar-refractivity contribution is 6.40. The van der Waals surface area contributed by atoms with Crippen LogP contribution in [0.3, 0.4) is 0 Å². The average molecular weight is 1500 g/mol. The Hall–Kier alpha value is -11.1. The number of aliphatic hydroxyl groups is 3. The molecular formula is C83H73Cl4FN16O3. The maximum Gasteiger partial charge on any atom is 0.182 e. The number of aryl methyl sites for hydroxylation is 2. The van der Waals surface area contributed by atoms with E-state index < -0.39 is 0 Å². The van der Waals surface area contributed by atoms with Crippen molar-refractivity contribution >= 4 is 90.5 Å². The van der Waals surface area contributed by atoms with Crippen LogP contribution in [0.5, 0.6) is 0 Å². The van der Waals surface area contributed by atoms with Crippen molar-refractivity contribution in [3.63, 3.8) is 0 Å². The van der Waals surface area contributed by atoms with Crippen LogP contribution in [0.15, 0.2) is 224 Å². The number of aliphatic hydroxyl groups excluding tert-OH is 3. The fourth-order valence-electron chi connectivity index (χ4n) is 13.1. The number of fused-ring (bicyclic) bond motifs is 4. The molecule has 538 valence electrons. The first-order chi connectivity index (χ1) is 51.8. The fraction of sp³-hybridized carbons (Fsp3) is 0.181. The molecule has 0 amide bonds. The highest BCUT2D eigenvalue weighted by Crippen LogP contribution is 2.44. The van der Waals surface area contributed by atoms with Crippen LogP contribution in [-0.2, 0) is 13.1 Å². The molecule has 3 N–H and O–H groups in total. The van der Waals surface area contributed by atoms with E-state index in [1.54, 1.807) is 14.0 Å². The van der Waals surface area contributed by atoms with Crippen LogP contribution in [0, 0.1) is 19.7 Å². The molecule has 1 aliphatic rings. The largest absolute Gasteiger partial charge is 0.394 e. The van der Waals surface area contributed by atoms with Crippen molar-refractivity contribution in [2.45, 2.75) is 79.1 Å². The Labute approximate surface area is 636 Å². The zero-order valence-electron chi connectivity index (χ0n) is 57.8. The lowest BCUT2D eigenvalue weighted by Crippen LogP contribution is -2.11. The summed E-state index contributed by atoms with van der Waals surface area (Å²) in [5.74, 6) is -0.351. The molecule has 0 spiro atoms. The first-order valence-corrected chi connectivity index (χ1v) is 36.1. The molecule has 0 saturated heterocycles. The fourth-order valence-corrected chi connectivity index (χ4v) is 14.4. The number of nitrogens with zero attached hydrogens (tertiary/aromatic N) is 16. The van der Waals surface area contributed by atoms with Gasteiger partial charge in [0.15, 0.2) is 22.6 Å². The third-order valence-electron chi connectivity index (χ3n) is 18.2. The van der Waals surface area contributed by atoms with Gasteiger partial charge in [-0.3, -0.25) is 0 Å². The molecule has 24 heteroatoms. The van der Waals surface area contributed by atoms with Crippen molar-refractivity contribution in [3.8, 4) is 90.1 Å². The summed E-state index contributed by atoms with van der Waals surface area (Å²) in [6.07, 6.45) is 4.72. The second kappa shape index (κ2) is 33.6. The van der Waals surface area contributed by atoms with Gasteiger partial charge >= 0.3 is 0 Å². The molecule has 1 fully saturated rings. The Kier molecular flexibility index (Phi) is 23.3. The number of aromatic nitrogens is 16. The van der Waals surface area contributed by atoms with E-state index in [0.29, 0.717) is 89.0 Å². The molecule has 0 bridgehead atoms. The predicted molar refractivity (Wildman–Crippen MR) is 424 cm³/mol. The highest BCUT2D eigenvalue weighted by atomic mass is 35.5. The van der Waals surface area contributed by atoms with Gasteiger partial charge in [0.2, 0.25) is 0 Å². The Morgan fingerprint density at radius 3 is 1.10 bits per heavy atom. The maximum absolute atomic E-state index is 14.0. The van der Waals surface area contributed by atoms with Gasteiger partial charge in [0.1, 0.15) is 51.4 Å². The summed E-state index contributed by atoms with van der Waals surface area (Å²) in [5, 5.41) is 87.2. The van der Waals surface area contributed by atoms with Crippen LogP contribution in [0.1, 0.15) is 63.2 Å². The predicted octanol–water partition coefficient (Wildman–Crippen LogP) is 19.3. The molecule has 16 aromatic rings. The van der Waals surface area contributed by atoms with Gasteiger partial charge in [-0.05, 0) is 63.4 Å². The summed E-state index contributed by atoms with van der Waals surface area (Å²) in [6, 6.07) is 71.8. The van der Waals surface area contributed by atoms with Crippen LogP contribution < -0.4 is 0 Å². The molecule has 0 radical (unpaired) electrons. The second-order valence-electron chi connectivity index (χ2n) is 25.5. The normalized spacial score (nSPS) is 12.3. The highest BCUT2D eigenvalue weighted by Gasteiger charge is 2.29. The molecule has 107 heavy (non-hydrogen) atoms. The summed E-state index contributed by atoms with van der Waals surface area (Å²) in [4.78, 5) is 0. The lowest BCUT2D eigenvalue weighted by atomic mass is 10.0. The molecular weight excluding hydrogens is 1430 g/mol. The van der Waals surface area contributed by atoms with E-state index in [9.17, 15) is 19.7 Å².